The van der Waals surface area contributed by atoms with Crippen LogP contribution in [-0.2, 0) is 9.59 Å². The number of hydrogen-bond donors (Lipinski definition) is 1. The number of thiocarbonyl (C=S) groups is 1. The number of halogens is 1. The molecule has 0 atom stereocenters. The van der Waals surface area contributed by atoms with Crippen LogP contribution in [0.5, 0.6) is 11.5 Å². The van der Waals surface area contributed by atoms with E-state index in [-0.39, 0.29) is 16.8 Å². The van der Waals surface area contributed by atoms with Gasteiger partial charge in [-0.15, -0.1) is 0 Å². The molecule has 1 fully saturated rings. The molecular formula is C21H19BrN2O4S. The van der Waals surface area contributed by atoms with Crippen LogP contribution < -0.4 is 19.7 Å². The average molecular weight is 475 g/mol. The first-order valence-corrected chi connectivity index (χ1v) is 10.0. The van der Waals surface area contributed by atoms with Gasteiger partial charge in [0.2, 0.25) is 0 Å². The highest BCUT2D eigenvalue weighted by Gasteiger charge is 2.34. The van der Waals surface area contributed by atoms with E-state index >= 15 is 0 Å². The molecule has 1 saturated heterocycles. The Labute approximate surface area is 182 Å². The lowest BCUT2D eigenvalue weighted by Gasteiger charge is -2.29. The Bertz CT molecular complexity index is 1000. The van der Waals surface area contributed by atoms with Gasteiger partial charge in [0.25, 0.3) is 11.8 Å². The van der Waals surface area contributed by atoms with Gasteiger partial charge in [0, 0.05) is 4.47 Å². The monoisotopic (exact) mass is 474 g/mol. The van der Waals surface area contributed by atoms with E-state index in [9.17, 15) is 9.59 Å². The molecule has 0 aliphatic carbocycles. The number of amides is 2. The van der Waals surface area contributed by atoms with Crippen molar-refractivity contribution in [2.45, 2.75) is 20.0 Å². The summed E-state index contributed by atoms with van der Waals surface area (Å²) in [7, 11) is 1.53. The Morgan fingerprint density at radius 2 is 1.79 bits per heavy atom. The zero-order chi connectivity index (χ0) is 21.1. The third-order valence-electron chi connectivity index (χ3n) is 4.05. The summed E-state index contributed by atoms with van der Waals surface area (Å²) in [6, 6.07) is 12.3. The minimum atomic E-state index is -0.546. The van der Waals surface area contributed by atoms with Crippen molar-refractivity contribution in [2.24, 2.45) is 0 Å². The van der Waals surface area contributed by atoms with E-state index < -0.39 is 11.8 Å². The first-order chi connectivity index (χ1) is 13.8. The predicted octanol–water partition coefficient (Wildman–Crippen LogP) is 4.08. The third kappa shape index (κ3) is 4.65. The lowest BCUT2D eigenvalue weighted by atomic mass is 10.1. The van der Waals surface area contributed by atoms with Crippen molar-refractivity contribution in [1.29, 1.82) is 0 Å². The molecule has 1 N–H and O–H groups in total. The van der Waals surface area contributed by atoms with Crippen LogP contribution in [-0.4, -0.2) is 30.1 Å². The van der Waals surface area contributed by atoms with Gasteiger partial charge in [-0.2, -0.15) is 0 Å². The first kappa shape index (κ1) is 21.0. The maximum Gasteiger partial charge on any atom is 0.270 e. The molecule has 0 aromatic heterocycles. The molecule has 2 aromatic carbocycles. The van der Waals surface area contributed by atoms with E-state index in [0.717, 1.165) is 4.47 Å². The summed E-state index contributed by atoms with van der Waals surface area (Å²) in [5.41, 5.74) is 1.16. The van der Waals surface area contributed by atoms with Crippen LogP contribution in [0, 0.1) is 0 Å². The zero-order valence-corrected chi connectivity index (χ0v) is 18.5. The molecule has 0 spiro atoms. The molecule has 0 saturated carbocycles. The molecular weight excluding hydrogens is 456 g/mol. The number of nitrogens with one attached hydrogen (secondary N) is 1. The summed E-state index contributed by atoms with van der Waals surface area (Å²) in [5.74, 6) is 0.0520. The van der Waals surface area contributed by atoms with Crippen molar-refractivity contribution in [3.8, 4) is 11.5 Å². The molecule has 0 bridgehead atoms. The number of methoxy groups -OCH3 is 1. The molecule has 150 valence electrons. The molecule has 1 heterocycles. The van der Waals surface area contributed by atoms with E-state index in [1.54, 1.807) is 42.5 Å². The van der Waals surface area contributed by atoms with Gasteiger partial charge in [-0.05, 0) is 74.1 Å². The summed E-state index contributed by atoms with van der Waals surface area (Å²) >= 11 is 8.57. The van der Waals surface area contributed by atoms with E-state index in [4.69, 9.17) is 21.7 Å². The van der Waals surface area contributed by atoms with E-state index in [0.29, 0.717) is 22.7 Å². The Balaban J connectivity index is 1.97. The SMILES string of the molecule is COc1cc(C=C2C(=O)NC(=S)N(c3ccc(Br)cc3)C2=O)ccc1OC(C)C. The van der Waals surface area contributed by atoms with Crippen LogP contribution in [0.2, 0.25) is 0 Å². The molecule has 0 radical (unpaired) electrons. The molecule has 3 rings (SSSR count). The van der Waals surface area contributed by atoms with Crippen LogP contribution in [0.1, 0.15) is 19.4 Å². The topological polar surface area (TPSA) is 67.9 Å². The molecule has 2 aromatic rings. The van der Waals surface area contributed by atoms with Gasteiger partial charge in [-0.3, -0.25) is 19.8 Å². The van der Waals surface area contributed by atoms with E-state index in [1.807, 2.05) is 13.8 Å². The Kier molecular flexibility index (Phi) is 6.34. The fraction of sp³-hybridized carbons (Fsp3) is 0.190. The van der Waals surface area contributed by atoms with Crippen LogP contribution in [0.15, 0.2) is 52.5 Å². The zero-order valence-electron chi connectivity index (χ0n) is 16.1. The summed E-state index contributed by atoms with van der Waals surface area (Å²) in [6.45, 7) is 3.83. The van der Waals surface area contributed by atoms with Crippen LogP contribution >= 0.6 is 28.1 Å². The second kappa shape index (κ2) is 8.75. The normalized spacial score (nSPS) is 15.7. The smallest absolute Gasteiger partial charge is 0.270 e. The van der Waals surface area contributed by atoms with Crippen molar-refractivity contribution in [3.05, 3.63) is 58.1 Å². The lowest BCUT2D eigenvalue weighted by Crippen LogP contribution is -2.54. The van der Waals surface area contributed by atoms with Gasteiger partial charge in [0.05, 0.1) is 18.9 Å². The molecule has 0 unspecified atom stereocenters. The van der Waals surface area contributed by atoms with Gasteiger partial charge in [-0.1, -0.05) is 22.0 Å². The fourth-order valence-electron chi connectivity index (χ4n) is 2.77. The average Bonchev–Trinajstić information content (AvgIpc) is 2.67. The Hall–Kier alpha value is -2.71. The Morgan fingerprint density at radius 1 is 1.10 bits per heavy atom. The quantitative estimate of drug-likeness (QED) is 0.401. The molecule has 6 nitrogen and oxygen atoms in total. The fourth-order valence-corrected chi connectivity index (χ4v) is 3.32. The summed E-state index contributed by atoms with van der Waals surface area (Å²) in [4.78, 5) is 26.8. The molecule has 1 aliphatic rings. The highest BCUT2D eigenvalue weighted by atomic mass is 79.9. The number of rotatable bonds is 5. The second-order valence-electron chi connectivity index (χ2n) is 6.51. The number of hydrogen-bond acceptors (Lipinski definition) is 5. The Morgan fingerprint density at radius 3 is 2.41 bits per heavy atom. The van der Waals surface area contributed by atoms with Crippen molar-refractivity contribution in [2.75, 3.05) is 12.0 Å². The summed E-state index contributed by atoms with van der Waals surface area (Å²) < 4.78 is 11.9. The van der Waals surface area contributed by atoms with Crippen LogP contribution in [0.3, 0.4) is 0 Å². The summed E-state index contributed by atoms with van der Waals surface area (Å²) in [6.07, 6.45) is 1.49. The summed E-state index contributed by atoms with van der Waals surface area (Å²) in [5, 5.41) is 2.61. The largest absolute Gasteiger partial charge is 0.493 e. The van der Waals surface area contributed by atoms with Crippen molar-refractivity contribution in [3.63, 3.8) is 0 Å². The van der Waals surface area contributed by atoms with Crippen LogP contribution in [0.25, 0.3) is 6.08 Å². The highest BCUT2D eigenvalue weighted by Crippen LogP contribution is 2.30. The lowest BCUT2D eigenvalue weighted by molar-refractivity contribution is -0.122. The number of nitrogens with zero attached hydrogens (tertiary/aromatic N) is 1. The highest BCUT2D eigenvalue weighted by molar-refractivity contribution is 9.10. The van der Waals surface area contributed by atoms with Gasteiger partial charge < -0.3 is 9.47 Å². The predicted molar refractivity (Wildman–Crippen MR) is 119 cm³/mol. The molecule has 2 amide bonds. The van der Waals surface area contributed by atoms with E-state index in [1.165, 1.54) is 18.1 Å². The number of benzene rings is 2. The second-order valence-corrected chi connectivity index (χ2v) is 7.81. The first-order valence-electron chi connectivity index (χ1n) is 8.82. The number of carbonyl (C=O) groups is 2. The van der Waals surface area contributed by atoms with Crippen molar-refractivity contribution in [1.82, 2.24) is 5.32 Å². The number of anilines is 1. The van der Waals surface area contributed by atoms with Gasteiger partial charge in [0.1, 0.15) is 5.57 Å². The molecule has 29 heavy (non-hydrogen) atoms. The van der Waals surface area contributed by atoms with Gasteiger partial charge in [-0.25, -0.2) is 0 Å². The van der Waals surface area contributed by atoms with Crippen LogP contribution in [0.4, 0.5) is 5.69 Å². The maximum absolute atomic E-state index is 13.0. The minimum Gasteiger partial charge on any atom is -0.493 e. The van der Waals surface area contributed by atoms with Crippen molar-refractivity contribution >= 4 is 56.8 Å². The van der Waals surface area contributed by atoms with E-state index in [2.05, 4.69) is 21.2 Å². The van der Waals surface area contributed by atoms with Gasteiger partial charge >= 0.3 is 0 Å². The van der Waals surface area contributed by atoms with Crippen molar-refractivity contribution < 1.29 is 19.1 Å². The standard InChI is InChI=1S/C21H19BrN2O4S/c1-12(2)28-17-9-4-13(11-18(17)27-3)10-16-19(25)23-21(29)24(20(16)26)15-7-5-14(22)6-8-15/h4-12H,1-3H3,(H,23,25,29). The number of carbonyl (C=O) groups excluding carboxylic acids is 2. The third-order valence-corrected chi connectivity index (χ3v) is 4.86. The minimum absolute atomic E-state index is 0.0146. The van der Waals surface area contributed by atoms with Gasteiger partial charge in [0.15, 0.2) is 16.6 Å². The molecule has 1 aliphatic heterocycles. The maximum atomic E-state index is 13.0. The number of ether oxygens (including phenoxy) is 2. The molecule has 8 heteroatoms.